The highest BCUT2D eigenvalue weighted by atomic mass is 32.2. The zero-order valence-corrected chi connectivity index (χ0v) is 13.5. The van der Waals surface area contributed by atoms with Gasteiger partial charge in [-0.05, 0) is 26.7 Å². The highest BCUT2D eigenvalue weighted by molar-refractivity contribution is 7.88. The Labute approximate surface area is 125 Å². The van der Waals surface area contributed by atoms with E-state index in [2.05, 4.69) is 10.0 Å². The molecule has 8 heteroatoms. The summed E-state index contributed by atoms with van der Waals surface area (Å²) in [6.07, 6.45) is 3.79. The zero-order valence-electron chi connectivity index (χ0n) is 12.7. The third-order valence-corrected chi connectivity index (χ3v) is 4.51. The van der Waals surface area contributed by atoms with Gasteiger partial charge in [0.1, 0.15) is 0 Å². The second kappa shape index (κ2) is 6.74. The normalized spacial score (nSPS) is 23.6. The van der Waals surface area contributed by atoms with Crippen LogP contribution in [0.4, 0.5) is 0 Å². The predicted octanol–water partition coefficient (Wildman–Crippen LogP) is 0.321. The van der Waals surface area contributed by atoms with Gasteiger partial charge in [-0.15, -0.1) is 0 Å². The van der Waals surface area contributed by atoms with E-state index in [0.717, 1.165) is 19.1 Å². The molecule has 0 aliphatic heterocycles. The molecule has 0 bridgehead atoms. The summed E-state index contributed by atoms with van der Waals surface area (Å²) in [5, 5.41) is 11.8. The van der Waals surface area contributed by atoms with Gasteiger partial charge in [-0.25, -0.2) is 13.1 Å². The molecule has 0 aromatic heterocycles. The lowest BCUT2D eigenvalue weighted by atomic mass is 9.78. The Morgan fingerprint density at radius 1 is 1.19 bits per heavy atom. The minimum atomic E-state index is -3.37. The molecule has 0 aromatic carbocycles. The molecule has 1 fully saturated rings. The molecule has 7 nitrogen and oxygen atoms in total. The van der Waals surface area contributed by atoms with Crippen molar-refractivity contribution < 1.29 is 23.1 Å². The molecule has 1 saturated carbocycles. The number of carboxylic acids is 1. The van der Waals surface area contributed by atoms with Crippen molar-refractivity contribution in [3.63, 3.8) is 0 Å². The fourth-order valence-corrected chi connectivity index (χ4v) is 3.79. The van der Waals surface area contributed by atoms with Crippen LogP contribution in [0, 0.1) is 11.8 Å². The highest BCUT2D eigenvalue weighted by Gasteiger charge is 2.36. The Morgan fingerprint density at radius 2 is 1.71 bits per heavy atom. The molecule has 1 amide bonds. The van der Waals surface area contributed by atoms with Crippen molar-refractivity contribution in [3.8, 4) is 0 Å². The fraction of sp³-hybridized carbons (Fsp3) is 0.846. The average molecular weight is 320 g/mol. The van der Waals surface area contributed by atoms with Crippen molar-refractivity contribution in [3.05, 3.63) is 0 Å². The molecule has 1 aliphatic carbocycles. The van der Waals surface area contributed by atoms with Crippen LogP contribution in [0.3, 0.4) is 0 Å². The first kappa shape index (κ1) is 17.9. The first-order valence-electron chi connectivity index (χ1n) is 7.01. The maximum atomic E-state index is 12.2. The SMILES string of the molecule is CC(C)(CNC(=O)C1CCCCC1C(=O)O)NS(C)(=O)=O. The Kier molecular flexibility index (Phi) is 5.75. The molecule has 1 aliphatic rings. The van der Waals surface area contributed by atoms with Crippen LogP contribution in [0.1, 0.15) is 39.5 Å². The predicted molar refractivity (Wildman–Crippen MR) is 78.2 cm³/mol. The van der Waals surface area contributed by atoms with E-state index in [0.29, 0.717) is 12.8 Å². The minimum Gasteiger partial charge on any atom is -0.481 e. The topological polar surface area (TPSA) is 113 Å². The lowest BCUT2D eigenvalue weighted by molar-refractivity contribution is -0.148. The third kappa shape index (κ3) is 6.01. The standard InChI is InChI=1S/C13H24N2O5S/c1-13(2,15-21(3,19)20)8-14-11(16)9-6-4-5-7-10(9)12(17)18/h9-10,15H,4-8H2,1-3H3,(H,14,16)(H,17,18). The van der Waals surface area contributed by atoms with Crippen molar-refractivity contribution >= 4 is 21.9 Å². The first-order chi connectivity index (χ1) is 9.52. The van der Waals surface area contributed by atoms with Crippen LogP contribution in [0.25, 0.3) is 0 Å². The number of hydrogen-bond donors (Lipinski definition) is 3. The number of carbonyl (C=O) groups excluding carboxylic acids is 1. The van der Waals surface area contributed by atoms with Gasteiger partial charge in [-0.2, -0.15) is 0 Å². The minimum absolute atomic E-state index is 0.113. The van der Waals surface area contributed by atoms with E-state index < -0.39 is 33.4 Å². The summed E-state index contributed by atoms with van der Waals surface area (Å²) in [7, 11) is -3.37. The lowest BCUT2D eigenvalue weighted by Gasteiger charge is -2.30. The maximum absolute atomic E-state index is 12.2. The molecule has 21 heavy (non-hydrogen) atoms. The molecule has 0 saturated heterocycles. The van der Waals surface area contributed by atoms with Gasteiger partial charge in [-0.3, -0.25) is 9.59 Å². The Bertz CT molecular complexity index is 501. The summed E-state index contributed by atoms with van der Waals surface area (Å²) in [6.45, 7) is 3.43. The van der Waals surface area contributed by atoms with E-state index in [-0.39, 0.29) is 12.5 Å². The maximum Gasteiger partial charge on any atom is 0.307 e. The van der Waals surface area contributed by atoms with E-state index in [1.807, 2.05) is 0 Å². The van der Waals surface area contributed by atoms with Crippen molar-refractivity contribution in [2.24, 2.45) is 11.8 Å². The molecule has 3 N–H and O–H groups in total. The number of amides is 1. The molecule has 2 unspecified atom stereocenters. The van der Waals surface area contributed by atoms with Crippen LogP contribution in [-0.2, 0) is 19.6 Å². The van der Waals surface area contributed by atoms with Crippen molar-refractivity contribution in [1.29, 1.82) is 0 Å². The second-order valence-corrected chi connectivity index (χ2v) is 8.06. The quantitative estimate of drug-likeness (QED) is 0.652. The first-order valence-corrected chi connectivity index (χ1v) is 8.90. The lowest BCUT2D eigenvalue weighted by Crippen LogP contribution is -2.52. The molecular weight excluding hydrogens is 296 g/mol. The smallest absolute Gasteiger partial charge is 0.307 e. The highest BCUT2D eigenvalue weighted by Crippen LogP contribution is 2.30. The van der Waals surface area contributed by atoms with Crippen LogP contribution in [0.2, 0.25) is 0 Å². The Morgan fingerprint density at radius 3 is 2.19 bits per heavy atom. The number of sulfonamides is 1. The van der Waals surface area contributed by atoms with Crippen LogP contribution >= 0.6 is 0 Å². The molecule has 0 radical (unpaired) electrons. The van der Waals surface area contributed by atoms with Gasteiger partial charge >= 0.3 is 5.97 Å². The Balaban J connectivity index is 2.61. The summed E-state index contributed by atoms with van der Waals surface area (Å²) in [4.78, 5) is 23.4. The van der Waals surface area contributed by atoms with E-state index >= 15 is 0 Å². The molecule has 2 atom stereocenters. The number of rotatable bonds is 6. The monoisotopic (exact) mass is 320 g/mol. The summed E-state index contributed by atoms with van der Waals surface area (Å²) < 4.78 is 24.9. The average Bonchev–Trinajstić information content (AvgIpc) is 2.33. The molecule has 122 valence electrons. The van der Waals surface area contributed by atoms with Gasteiger partial charge in [0, 0.05) is 12.1 Å². The van der Waals surface area contributed by atoms with Gasteiger partial charge in [0.2, 0.25) is 15.9 Å². The molecular formula is C13H24N2O5S. The second-order valence-electron chi connectivity index (χ2n) is 6.31. The van der Waals surface area contributed by atoms with Crippen molar-refractivity contribution in [1.82, 2.24) is 10.0 Å². The summed E-state index contributed by atoms with van der Waals surface area (Å²) in [5.74, 6) is -2.44. The van der Waals surface area contributed by atoms with Crippen LogP contribution < -0.4 is 10.0 Å². The fourth-order valence-electron chi connectivity index (χ4n) is 2.72. The van der Waals surface area contributed by atoms with E-state index in [4.69, 9.17) is 5.11 Å². The summed E-state index contributed by atoms with van der Waals surface area (Å²) >= 11 is 0. The summed E-state index contributed by atoms with van der Waals surface area (Å²) in [6, 6.07) is 0. The molecule has 1 rings (SSSR count). The number of carbonyl (C=O) groups is 2. The van der Waals surface area contributed by atoms with Crippen LogP contribution in [0.5, 0.6) is 0 Å². The largest absolute Gasteiger partial charge is 0.481 e. The Hall–Kier alpha value is -1.15. The van der Waals surface area contributed by atoms with Crippen molar-refractivity contribution in [2.45, 2.75) is 45.1 Å². The number of nitrogens with one attached hydrogen (secondary N) is 2. The van der Waals surface area contributed by atoms with Crippen LogP contribution in [0.15, 0.2) is 0 Å². The van der Waals surface area contributed by atoms with E-state index in [9.17, 15) is 18.0 Å². The van der Waals surface area contributed by atoms with Gasteiger partial charge < -0.3 is 10.4 Å². The molecule has 0 heterocycles. The van der Waals surface area contributed by atoms with E-state index in [1.54, 1.807) is 13.8 Å². The number of hydrogen-bond acceptors (Lipinski definition) is 4. The third-order valence-electron chi connectivity index (χ3n) is 3.59. The zero-order chi connectivity index (χ0) is 16.3. The van der Waals surface area contributed by atoms with E-state index in [1.165, 1.54) is 0 Å². The van der Waals surface area contributed by atoms with Gasteiger partial charge in [-0.1, -0.05) is 12.8 Å². The van der Waals surface area contributed by atoms with Gasteiger partial charge in [0.15, 0.2) is 0 Å². The molecule has 0 spiro atoms. The number of aliphatic carboxylic acids is 1. The number of carboxylic acid groups (broad SMARTS) is 1. The van der Waals surface area contributed by atoms with Crippen LogP contribution in [-0.4, -0.2) is 43.7 Å². The van der Waals surface area contributed by atoms with Gasteiger partial charge in [0.25, 0.3) is 0 Å². The van der Waals surface area contributed by atoms with Gasteiger partial charge in [0.05, 0.1) is 18.1 Å². The molecule has 0 aromatic rings. The van der Waals surface area contributed by atoms with Crippen molar-refractivity contribution in [2.75, 3.05) is 12.8 Å². The summed E-state index contributed by atoms with van der Waals surface area (Å²) in [5.41, 5.74) is -0.823.